The van der Waals surface area contributed by atoms with Gasteiger partial charge in [-0.25, -0.2) is 8.42 Å². The fraction of sp³-hybridized carbons (Fsp3) is 0.375. The maximum Gasteiger partial charge on any atom is 0.232 e. The Morgan fingerprint density at radius 3 is 2.13 bits per heavy atom. The van der Waals surface area contributed by atoms with Crippen molar-refractivity contribution in [2.45, 2.75) is 57.2 Å². The maximum atomic E-state index is 13.3. The molecular weight excluding hydrogens is 453 g/mol. The van der Waals surface area contributed by atoms with Crippen molar-refractivity contribution in [3.05, 3.63) is 70.7 Å². The zero-order chi connectivity index (χ0) is 23.6. The van der Waals surface area contributed by atoms with E-state index in [1.807, 2.05) is 34.6 Å². The predicted octanol–water partition coefficient (Wildman–Crippen LogP) is 6.87. The van der Waals surface area contributed by atoms with Crippen LogP contribution in [0.2, 0.25) is 10.0 Å². The maximum absolute atomic E-state index is 13.3. The summed E-state index contributed by atoms with van der Waals surface area (Å²) >= 11 is 12.5. The van der Waals surface area contributed by atoms with E-state index in [0.29, 0.717) is 21.3 Å². The molecule has 1 atom stereocenters. The molecule has 2 aromatic carbocycles. The fourth-order valence-electron chi connectivity index (χ4n) is 3.28. The number of carbonyl (C=O) groups is 1. The Morgan fingerprint density at radius 1 is 1.10 bits per heavy atom. The number of halogens is 2. The van der Waals surface area contributed by atoms with Gasteiger partial charge in [-0.15, -0.1) is 6.58 Å². The summed E-state index contributed by atoms with van der Waals surface area (Å²) in [4.78, 5) is 14.8. The third-order valence-corrected chi connectivity index (χ3v) is 7.58. The van der Waals surface area contributed by atoms with E-state index < -0.39 is 20.5 Å². The second kappa shape index (κ2) is 9.76. The first kappa shape index (κ1) is 25.4. The molecule has 168 valence electrons. The Labute approximate surface area is 195 Å². The lowest BCUT2D eigenvalue weighted by molar-refractivity contribution is -0.126. The van der Waals surface area contributed by atoms with Crippen LogP contribution in [0.5, 0.6) is 0 Å². The van der Waals surface area contributed by atoms with Crippen molar-refractivity contribution in [3.63, 3.8) is 0 Å². The SMILES string of the molecule is C=CCC(c1ccc(N(C(=O)C(C)(C)C)C(C)C)c(Cl)c1)S(=O)(=O)c1ccc(Cl)cc1. The Morgan fingerprint density at radius 2 is 1.68 bits per heavy atom. The summed E-state index contributed by atoms with van der Waals surface area (Å²) in [5, 5.41) is -0.0726. The van der Waals surface area contributed by atoms with Crippen LogP contribution in [0.25, 0.3) is 0 Å². The first-order valence-electron chi connectivity index (χ1n) is 10.0. The number of hydrogen-bond acceptors (Lipinski definition) is 3. The van der Waals surface area contributed by atoms with E-state index in [2.05, 4.69) is 6.58 Å². The standard InChI is InChI=1S/C24H29Cl2NO3S/c1-7-8-22(31(29,30)19-12-10-18(25)11-13-19)17-9-14-21(20(26)15-17)27(16(2)3)23(28)24(4,5)6/h7,9-16,22H,1,8H2,2-6H3. The Balaban J connectivity index is 2.54. The van der Waals surface area contributed by atoms with Gasteiger partial charge in [0.25, 0.3) is 0 Å². The minimum atomic E-state index is -3.71. The number of rotatable bonds is 7. The van der Waals surface area contributed by atoms with Crippen molar-refractivity contribution in [3.8, 4) is 0 Å². The topological polar surface area (TPSA) is 54.5 Å². The van der Waals surface area contributed by atoms with Crippen LogP contribution < -0.4 is 4.90 Å². The molecule has 0 aliphatic rings. The van der Waals surface area contributed by atoms with Crippen LogP contribution in [0.1, 0.15) is 51.9 Å². The molecular formula is C24H29Cl2NO3S. The second-order valence-corrected chi connectivity index (χ2v) is 11.7. The quantitative estimate of drug-likeness (QED) is 0.405. The molecule has 0 N–H and O–H groups in total. The molecule has 1 amide bonds. The van der Waals surface area contributed by atoms with Gasteiger partial charge in [0, 0.05) is 16.5 Å². The molecule has 0 radical (unpaired) electrons. The van der Waals surface area contributed by atoms with E-state index in [-0.39, 0.29) is 23.3 Å². The summed E-state index contributed by atoms with van der Waals surface area (Å²) in [7, 11) is -3.71. The molecule has 0 fully saturated rings. The van der Waals surface area contributed by atoms with Crippen LogP contribution in [0.4, 0.5) is 5.69 Å². The van der Waals surface area contributed by atoms with Gasteiger partial charge < -0.3 is 4.90 Å². The second-order valence-electron chi connectivity index (χ2n) is 8.74. The molecule has 0 heterocycles. The average molecular weight is 482 g/mol. The molecule has 0 bridgehead atoms. The minimum absolute atomic E-state index is 0.0615. The van der Waals surface area contributed by atoms with E-state index in [9.17, 15) is 13.2 Å². The van der Waals surface area contributed by atoms with Crippen molar-refractivity contribution in [2.75, 3.05) is 4.90 Å². The molecule has 0 aromatic heterocycles. The zero-order valence-electron chi connectivity index (χ0n) is 18.5. The first-order valence-corrected chi connectivity index (χ1v) is 12.3. The van der Waals surface area contributed by atoms with Crippen molar-refractivity contribution >= 4 is 44.6 Å². The van der Waals surface area contributed by atoms with Gasteiger partial charge in [0.05, 0.1) is 20.9 Å². The normalized spacial score (nSPS) is 13.2. The Hall–Kier alpha value is -1.82. The highest BCUT2D eigenvalue weighted by molar-refractivity contribution is 7.91. The van der Waals surface area contributed by atoms with Gasteiger partial charge in [-0.1, -0.05) is 56.1 Å². The van der Waals surface area contributed by atoms with Crippen molar-refractivity contribution < 1.29 is 13.2 Å². The van der Waals surface area contributed by atoms with Crippen molar-refractivity contribution in [1.82, 2.24) is 0 Å². The van der Waals surface area contributed by atoms with Crippen LogP contribution in [0.3, 0.4) is 0 Å². The Bertz CT molecular complexity index is 1060. The molecule has 0 aliphatic heterocycles. The molecule has 2 rings (SSSR count). The molecule has 0 saturated carbocycles. The summed E-state index contributed by atoms with van der Waals surface area (Å²) in [6, 6.07) is 11.0. The highest BCUT2D eigenvalue weighted by Gasteiger charge is 2.33. The summed E-state index contributed by atoms with van der Waals surface area (Å²) in [5.74, 6) is -0.0615. The summed E-state index contributed by atoms with van der Waals surface area (Å²) in [5.41, 5.74) is 0.507. The fourth-order valence-corrected chi connectivity index (χ4v) is 5.43. The van der Waals surface area contributed by atoms with Gasteiger partial charge in [-0.05, 0) is 62.2 Å². The van der Waals surface area contributed by atoms with Crippen LogP contribution >= 0.6 is 23.2 Å². The lowest BCUT2D eigenvalue weighted by Gasteiger charge is -2.33. The predicted molar refractivity (Wildman–Crippen MR) is 130 cm³/mol. The lowest BCUT2D eigenvalue weighted by atomic mass is 9.93. The molecule has 0 saturated heterocycles. The minimum Gasteiger partial charge on any atom is -0.308 e. The molecule has 0 spiro atoms. The Kier molecular flexibility index (Phi) is 8.01. The van der Waals surface area contributed by atoms with Gasteiger partial charge in [-0.3, -0.25) is 4.79 Å². The third kappa shape index (κ3) is 5.71. The van der Waals surface area contributed by atoms with E-state index in [4.69, 9.17) is 23.2 Å². The number of anilines is 1. The van der Waals surface area contributed by atoms with Gasteiger partial charge in [0.2, 0.25) is 5.91 Å². The molecule has 4 nitrogen and oxygen atoms in total. The van der Waals surface area contributed by atoms with Crippen LogP contribution in [-0.2, 0) is 14.6 Å². The summed E-state index contributed by atoms with van der Waals surface area (Å²) < 4.78 is 26.6. The molecule has 31 heavy (non-hydrogen) atoms. The number of hydrogen-bond donors (Lipinski definition) is 0. The number of sulfone groups is 1. The average Bonchev–Trinajstić information content (AvgIpc) is 2.66. The highest BCUT2D eigenvalue weighted by atomic mass is 35.5. The number of amides is 1. The summed E-state index contributed by atoms with van der Waals surface area (Å²) in [6.07, 6.45) is 1.79. The molecule has 2 aromatic rings. The monoisotopic (exact) mass is 481 g/mol. The number of allylic oxidation sites excluding steroid dienone is 1. The zero-order valence-corrected chi connectivity index (χ0v) is 20.9. The summed E-state index contributed by atoms with van der Waals surface area (Å²) in [6.45, 7) is 13.1. The smallest absolute Gasteiger partial charge is 0.232 e. The van der Waals surface area contributed by atoms with Crippen molar-refractivity contribution in [1.29, 1.82) is 0 Å². The van der Waals surface area contributed by atoms with Crippen LogP contribution in [0.15, 0.2) is 60.0 Å². The third-order valence-electron chi connectivity index (χ3n) is 4.88. The van der Waals surface area contributed by atoms with Crippen LogP contribution in [0, 0.1) is 5.41 Å². The number of nitrogens with zero attached hydrogens (tertiary/aromatic N) is 1. The van der Waals surface area contributed by atoms with E-state index in [1.165, 1.54) is 12.1 Å². The van der Waals surface area contributed by atoms with Gasteiger partial charge in [0.1, 0.15) is 0 Å². The molecule has 0 aliphatic carbocycles. The van der Waals surface area contributed by atoms with E-state index in [1.54, 1.807) is 41.3 Å². The van der Waals surface area contributed by atoms with Crippen molar-refractivity contribution in [2.24, 2.45) is 5.41 Å². The van der Waals surface area contributed by atoms with Gasteiger partial charge >= 0.3 is 0 Å². The molecule has 7 heteroatoms. The van der Waals surface area contributed by atoms with E-state index in [0.717, 1.165) is 0 Å². The largest absolute Gasteiger partial charge is 0.308 e. The highest BCUT2D eigenvalue weighted by Crippen LogP contribution is 2.38. The van der Waals surface area contributed by atoms with Gasteiger partial charge in [-0.2, -0.15) is 0 Å². The number of benzene rings is 2. The lowest BCUT2D eigenvalue weighted by Crippen LogP contribution is -2.44. The molecule has 1 unspecified atom stereocenters. The van der Waals surface area contributed by atoms with Crippen LogP contribution in [-0.4, -0.2) is 20.4 Å². The van der Waals surface area contributed by atoms with E-state index >= 15 is 0 Å². The number of carbonyl (C=O) groups excluding carboxylic acids is 1. The van der Waals surface area contributed by atoms with Gasteiger partial charge in [0.15, 0.2) is 9.84 Å². The first-order chi connectivity index (χ1) is 14.3.